The zero-order valence-corrected chi connectivity index (χ0v) is 11.5. The molecule has 5 heteroatoms. The topological polar surface area (TPSA) is 58.6 Å². The summed E-state index contributed by atoms with van der Waals surface area (Å²) in [6.45, 7) is 5.80. The standard InChI is InChI=1S/C15H18N2O3/c1-3-9-16-14(18)10-17-11-7-5-6-8-13(11)20-12(4-2)15(17)19/h3,5-8,12H,1,4,9-10H2,2H3,(H,16,18)/t12-/m0/s1. The molecule has 0 unspecified atom stereocenters. The molecule has 2 rings (SSSR count). The maximum absolute atomic E-state index is 12.3. The molecule has 0 radical (unpaired) electrons. The van der Waals surface area contributed by atoms with E-state index in [9.17, 15) is 9.59 Å². The van der Waals surface area contributed by atoms with Crippen molar-refractivity contribution in [3.63, 3.8) is 0 Å². The van der Waals surface area contributed by atoms with E-state index in [0.717, 1.165) is 0 Å². The second kappa shape index (κ2) is 6.23. The zero-order valence-electron chi connectivity index (χ0n) is 11.5. The van der Waals surface area contributed by atoms with Crippen molar-refractivity contribution < 1.29 is 14.3 Å². The molecule has 1 atom stereocenters. The fraction of sp³-hybridized carbons (Fsp3) is 0.333. The van der Waals surface area contributed by atoms with Crippen LogP contribution in [0.25, 0.3) is 0 Å². The molecule has 0 bridgehead atoms. The number of carbonyl (C=O) groups excluding carboxylic acids is 2. The monoisotopic (exact) mass is 274 g/mol. The fourth-order valence-electron chi connectivity index (χ4n) is 2.08. The maximum atomic E-state index is 12.3. The number of carbonyl (C=O) groups is 2. The Balaban J connectivity index is 2.22. The number of rotatable bonds is 5. The van der Waals surface area contributed by atoms with Crippen molar-refractivity contribution in [1.82, 2.24) is 5.32 Å². The van der Waals surface area contributed by atoms with Crippen LogP contribution in [0, 0.1) is 0 Å². The summed E-state index contributed by atoms with van der Waals surface area (Å²) in [5.74, 6) is 0.236. The van der Waals surface area contributed by atoms with E-state index in [4.69, 9.17) is 4.74 Å². The van der Waals surface area contributed by atoms with E-state index < -0.39 is 6.10 Å². The van der Waals surface area contributed by atoms with Crippen LogP contribution in [0.4, 0.5) is 5.69 Å². The van der Waals surface area contributed by atoms with Gasteiger partial charge in [0.25, 0.3) is 5.91 Å². The van der Waals surface area contributed by atoms with Gasteiger partial charge in [-0.2, -0.15) is 0 Å². The first-order valence-electron chi connectivity index (χ1n) is 6.62. The van der Waals surface area contributed by atoms with Crippen LogP contribution in [0.5, 0.6) is 5.75 Å². The van der Waals surface area contributed by atoms with Crippen molar-refractivity contribution in [3.05, 3.63) is 36.9 Å². The molecule has 0 aromatic heterocycles. The minimum Gasteiger partial charge on any atom is -0.478 e. The summed E-state index contributed by atoms with van der Waals surface area (Å²) in [4.78, 5) is 25.6. The lowest BCUT2D eigenvalue weighted by Gasteiger charge is -2.33. The van der Waals surface area contributed by atoms with Crippen molar-refractivity contribution in [2.45, 2.75) is 19.4 Å². The molecule has 0 aliphatic carbocycles. The zero-order chi connectivity index (χ0) is 14.5. The third kappa shape index (κ3) is 2.82. The van der Waals surface area contributed by atoms with Gasteiger partial charge in [-0.15, -0.1) is 6.58 Å². The lowest BCUT2D eigenvalue weighted by molar-refractivity contribution is -0.128. The Morgan fingerprint density at radius 3 is 2.95 bits per heavy atom. The van der Waals surface area contributed by atoms with Crippen LogP contribution in [0.15, 0.2) is 36.9 Å². The number of hydrogen-bond acceptors (Lipinski definition) is 3. The van der Waals surface area contributed by atoms with E-state index in [0.29, 0.717) is 24.4 Å². The van der Waals surface area contributed by atoms with Crippen LogP contribution >= 0.6 is 0 Å². The van der Waals surface area contributed by atoms with E-state index in [2.05, 4.69) is 11.9 Å². The molecule has 2 amide bonds. The molecule has 20 heavy (non-hydrogen) atoms. The summed E-state index contributed by atoms with van der Waals surface area (Å²) in [5.41, 5.74) is 0.635. The summed E-state index contributed by atoms with van der Waals surface area (Å²) >= 11 is 0. The van der Waals surface area contributed by atoms with Crippen molar-refractivity contribution >= 4 is 17.5 Å². The summed E-state index contributed by atoms with van der Waals surface area (Å²) in [6, 6.07) is 7.24. The number of ether oxygens (including phenoxy) is 1. The molecule has 0 saturated heterocycles. The van der Waals surface area contributed by atoms with Gasteiger partial charge in [-0.25, -0.2) is 0 Å². The Morgan fingerprint density at radius 2 is 2.25 bits per heavy atom. The molecule has 1 heterocycles. The van der Waals surface area contributed by atoms with Crippen LogP contribution in [0.1, 0.15) is 13.3 Å². The SMILES string of the molecule is C=CCNC(=O)CN1C(=O)[C@H](CC)Oc2ccccc21. The summed E-state index contributed by atoms with van der Waals surface area (Å²) < 4.78 is 5.65. The number of anilines is 1. The molecule has 1 aliphatic heterocycles. The first-order chi connectivity index (χ1) is 9.67. The molecule has 0 saturated carbocycles. The van der Waals surface area contributed by atoms with Crippen LogP contribution in [-0.4, -0.2) is 31.0 Å². The highest BCUT2D eigenvalue weighted by molar-refractivity contribution is 6.03. The average Bonchev–Trinajstić information content (AvgIpc) is 2.47. The van der Waals surface area contributed by atoms with Crippen LogP contribution in [-0.2, 0) is 9.59 Å². The van der Waals surface area contributed by atoms with Crippen LogP contribution < -0.4 is 15.0 Å². The van der Waals surface area contributed by atoms with Gasteiger partial charge in [-0.3, -0.25) is 14.5 Å². The van der Waals surface area contributed by atoms with Gasteiger partial charge < -0.3 is 10.1 Å². The van der Waals surface area contributed by atoms with Gasteiger partial charge in [-0.05, 0) is 18.6 Å². The number of amides is 2. The van der Waals surface area contributed by atoms with E-state index in [1.54, 1.807) is 18.2 Å². The van der Waals surface area contributed by atoms with Gasteiger partial charge in [0.2, 0.25) is 5.91 Å². The van der Waals surface area contributed by atoms with E-state index >= 15 is 0 Å². The van der Waals surface area contributed by atoms with Crippen molar-refractivity contribution in [2.75, 3.05) is 18.0 Å². The molecular weight excluding hydrogens is 256 g/mol. The first kappa shape index (κ1) is 14.1. The molecule has 1 aromatic carbocycles. The quantitative estimate of drug-likeness (QED) is 0.828. The van der Waals surface area contributed by atoms with Gasteiger partial charge >= 0.3 is 0 Å². The Bertz CT molecular complexity index is 528. The minimum atomic E-state index is -0.530. The Labute approximate surface area is 118 Å². The number of nitrogens with one attached hydrogen (secondary N) is 1. The van der Waals surface area contributed by atoms with Crippen molar-refractivity contribution in [2.24, 2.45) is 0 Å². The second-order valence-corrected chi connectivity index (χ2v) is 4.50. The van der Waals surface area contributed by atoms with Gasteiger partial charge in [0.05, 0.1) is 5.69 Å². The summed E-state index contributed by atoms with van der Waals surface area (Å²) in [6.07, 6.45) is 1.64. The molecule has 106 valence electrons. The highest BCUT2D eigenvalue weighted by Crippen LogP contribution is 2.34. The number of benzene rings is 1. The van der Waals surface area contributed by atoms with Gasteiger partial charge in [0.15, 0.2) is 6.10 Å². The van der Waals surface area contributed by atoms with E-state index in [-0.39, 0.29) is 18.4 Å². The molecule has 0 spiro atoms. The van der Waals surface area contributed by atoms with Crippen LogP contribution in [0.2, 0.25) is 0 Å². The lowest BCUT2D eigenvalue weighted by Crippen LogP contribution is -2.49. The van der Waals surface area contributed by atoms with Gasteiger partial charge in [0, 0.05) is 6.54 Å². The Morgan fingerprint density at radius 1 is 1.50 bits per heavy atom. The molecule has 0 fully saturated rings. The fourth-order valence-corrected chi connectivity index (χ4v) is 2.08. The summed E-state index contributed by atoms with van der Waals surface area (Å²) in [5, 5.41) is 2.67. The summed E-state index contributed by atoms with van der Waals surface area (Å²) in [7, 11) is 0. The van der Waals surface area contributed by atoms with Gasteiger partial charge in [0.1, 0.15) is 12.3 Å². The maximum Gasteiger partial charge on any atom is 0.268 e. The van der Waals surface area contributed by atoms with E-state index in [1.807, 2.05) is 19.1 Å². The lowest BCUT2D eigenvalue weighted by atomic mass is 10.1. The minimum absolute atomic E-state index is 0.0104. The third-order valence-corrected chi connectivity index (χ3v) is 3.08. The number of hydrogen-bond donors (Lipinski definition) is 1. The Hall–Kier alpha value is -2.30. The number of para-hydroxylation sites is 2. The normalized spacial score (nSPS) is 17.1. The second-order valence-electron chi connectivity index (χ2n) is 4.50. The van der Waals surface area contributed by atoms with E-state index in [1.165, 1.54) is 4.90 Å². The predicted molar refractivity (Wildman–Crippen MR) is 76.7 cm³/mol. The number of fused-ring (bicyclic) bond motifs is 1. The van der Waals surface area contributed by atoms with Gasteiger partial charge in [-0.1, -0.05) is 25.1 Å². The molecule has 1 N–H and O–H groups in total. The third-order valence-electron chi connectivity index (χ3n) is 3.08. The van der Waals surface area contributed by atoms with Crippen molar-refractivity contribution in [1.29, 1.82) is 0 Å². The molecule has 1 aromatic rings. The molecule has 5 nitrogen and oxygen atoms in total. The van der Waals surface area contributed by atoms with Crippen molar-refractivity contribution in [3.8, 4) is 5.75 Å². The molecule has 1 aliphatic rings. The highest BCUT2D eigenvalue weighted by atomic mass is 16.5. The number of nitrogens with zero attached hydrogens (tertiary/aromatic N) is 1. The first-order valence-corrected chi connectivity index (χ1v) is 6.62. The Kier molecular flexibility index (Phi) is 4.40. The largest absolute Gasteiger partial charge is 0.478 e. The average molecular weight is 274 g/mol. The highest BCUT2D eigenvalue weighted by Gasteiger charge is 2.33. The van der Waals surface area contributed by atoms with Crippen LogP contribution in [0.3, 0.4) is 0 Å². The molecular formula is C15H18N2O3. The predicted octanol–water partition coefficient (Wildman–Crippen LogP) is 1.49. The smallest absolute Gasteiger partial charge is 0.268 e.